The maximum Gasteiger partial charge on any atom is 0.397 e. The fraction of sp³-hybridized carbons (Fsp3) is 0.800. The summed E-state index contributed by atoms with van der Waals surface area (Å²) in [7, 11) is 0. The normalized spacial score (nSPS) is 18.0. The van der Waals surface area contributed by atoms with Gasteiger partial charge in [-0.1, -0.05) is 0 Å². The number of halogens is 3. The number of hydrogen-bond donors (Lipinski definition) is 0. The fourth-order valence-electron chi connectivity index (χ4n) is 1.73. The van der Waals surface area contributed by atoms with Gasteiger partial charge in [0.25, 0.3) is 0 Å². The van der Waals surface area contributed by atoms with Gasteiger partial charge in [0.05, 0.1) is 12.5 Å². The molecule has 0 aromatic carbocycles. The summed E-state index contributed by atoms with van der Waals surface area (Å²) in [4.78, 5) is 23.6. The van der Waals surface area contributed by atoms with Crippen LogP contribution in [-0.4, -0.2) is 42.6 Å². The van der Waals surface area contributed by atoms with Crippen LogP contribution in [0.1, 0.15) is 19.8 Å². The zero-order chi connectivity index (χ0) is 13.1. The Morgan fingerprint density at radius 2 is 1.82 bits per heavy atom. The van der Waals surface area contributed by atoms with Crippen LogP contribution in [0, 0.1) is 5.92 Å². The minimum Gasteiger partial charge on any atom is -0.459 e. The van der Waals surface area contributed by atoms with Crippen LogP contribution < -0.4 is 0 Å². The van der Waals surface area contributed by atoms with Gasteiger partial charge < -0.3 is 9.64 Å². The highest BCUT2D eigenvalue weighted by atomic mass is 19.4. The Morgan fingerprint density at radius 1 is 1.29 bits per heavy atom. The number of nitrogens with zero attached hydrogens (tertiary/aromatic N) is 1. The number of esters is 1. The molecular weight excluding hydrogens is 239 g/mol. The van der Waals surface area contributed by atoms with Crippen molar-refractivity contribution in [2.75, 3.05) is 19.7 Å². The number of carbonyl (C=O) groups excluding carboxylic acids is 2. The first kappa shape index (κ1) is 13.8. The summed E-state index contributed by atoms with van der Waals surface area (Å²) in [5, 5.41) is 0. The van der Waals surface area contributed by atoms with E-state index in [1.807, 2.05) is 0 Å². The molecule has 0 spiro atoms. The lowest BCUT2D eigenvalue weighted by Gasteiger charge is -2.32. The predicted molar refractivity (Wildman–Crippen MR) is 52.0 cm³/mol. The lowest BCUT2D eigenvalue weighted by atomic mass is 9.96. The largest absolute Gasteiger partial charge is 0.459 e. The van der Waals surface area contributed by atoms with E-state index in [2.05, 4.69) is 4.74 Å². The number of likely N-dealkylation sites (tertiary alicyclic amines) is 1. The van der Waals surface area contributed by atoms with Crippen molar-refractivity contribution >= 4 is 11.9 Å². The molecule has 1 heterocycles. The summed E-state index contributed by atoms with van der Waals surface area (Å²) in [6, 6.07) is 0. The van der Waals surface area contributed by atoms with Crippen molar-refractivity contribution in [3.05, 3.63) is 0 Å². The number of carbonyl (C=O) groups is 2. The first-order chi connectivity index (χ1) is 7.86. The van der Waals surface area contributed by atoms with Crippen molar-refractivity contribution in [3.8, 4) is 0 Å². The zero-order valence-electron chi connectivity index (χ0n) is 9.42. The van der Waals surface area contributed by atoms with E-state index in [0.29, 0.717) is 0 Å². The molecule has 0 N–H and O–H groups in total. The van der Waals surface area contributed by atoms with E-state index in [0.717, 1.165) is 4.90 Å². The highest BCUT2D eigenvalue weighted by Crippen LogP contribution is 2.34. The number of alkyl halides is 3. The molecule has 0 aliphatic carbocycles. The van der Waals surface area contributed by atoms with Crippen LogP contribution in [-0.2, 0) is 14.3 Å². The molecule has 1 saturated heterocycles. The monoisotopic (exact) mass is 253 g/mol. The van der Waals surface area contributed by atoms with Crippen molar-refractivity contribution in [2.24, 2.45) is 5.92 Å². The van der Waals surface area contributed by atoms with Crippen LogP contribution in [0.4, 0.5) is 13.2 Å². The van der Waals surface area contributed by atoms with Gasteiger partial charge in [-0.05, 0) is 19.8 Å². The zero-order valence-corrected chi connectivity index (χ0v) is 9.42. The van der Waals surface area contributed by atoms with Crippen LogP contribution >= 0.6 is 0 Å². The Bertz CT molecular complexity index is 296. The molecule has 1 aliphatic rings. The molecule has 1 aliphatic heterocycles. The van der Waals surface area contributed by atoms with Crippen LogP contribution in [0.15, 0.2) is 0 Å². The molecule has 1 fully saturated rings. The Labute approximate surface area is 96.7 Å². The molecule has 0 bridgehead atoms. The Morgan fingerprint density at radius 3 is 2.24 bits per heavy atom. The fourth-order valence-corrected chi connectivity index (χ4v) is 1.73. The van der Waals surface area contributed by atoms with Gasteiger partial charge in [-0.25, -0.2) is 4.79 Å². The SMILES string of the molecule is CCOC(=O)C(=O)N1CCC(C(F)(F)F)CC1. The minimum atomic E-state index is -4.22. The molecule has 0 radical (unpaired) electrons. The smallest absolute Gasteiger partial charge is 0.397 e. The summed E-state index contributed by atoms with van der Waals surface area (Å²) in [5.74, 6) is -3.24. The summed E-state index contributed by atoms with van der Waals surface area (Å²) < 4.78 is 41.6. The number of rotatable bonds is 1. The number of piperidine rings is 1. The van der Waals surface area contributed by atoms with Gasteiger partial charge in [-0.2, -0.15) is 13.2 Å². The second-order valence-electron chi connectivity index (χ2n) is 3.83. The third kappa shape index (κ3) is 3.61. The highest BCUT2D eigenvalue weighted by Gasteiger charge is 2.42. The van der Waals surface area contributed by atoms with Gasteiger partial charge >= 0.3 is 18.1 Å². The van der Waals surface area contributed by atoms with Gasteiger partial charge in [0.1, 0.15) is 0 Å². The summed E-state index contributed by atoms with van der Waals surface area (Å²) in [5.41, 5.74) is 0. The third-order valence-corrected chi connectivity index (χ3v) is 2.70. The predicted octanol–water partition coefficient (Wildman–Crippen LogP) is 1.35. The third-order valence-electron chi connectivity index (χ3n) is 2.70. The topological polar surface area (TPSA) is 46.6 Å². The first-order valence-electron chi connectivity index (χ1n) is 5.39. The molecule has 4 nitrogen and oxygen atoms in total. The molecule has 1 rings (SSSR count). The van der Waals surface area contributed by atoms with Gasteiger partial charge in [-0.15, -0.1) is 0 Å². The molecule has 0 atom stereocenters. The summed E-state index contributed by atoms with van der Waals surface area (Å²) >= 11 is 0. The summed E-state index contributed by atoms with van der Waals surface area (Å²) in [6.45, 7) is 1.52. The van der Waals surface area contributed by atoms with E-state index in [9.17, 15) is 22.8 Å². The van der Waals surface area contributed by atoms with E-state index in [4.69, 9.17) is 0 Å². The molecular formula is C10H14F3NO3. The second kappa shape index (κ2) is 5.37. The van der Waals surface area contributed by atoms with Crippen LogP contribution in [0.5, 0.6) is 0 Å². The minimum absolute atomic E-state index is 0.0537. The molecule has 0 aromatic heterocycles. The lowest BCUT2D eigenvalue weighted by molar-refractivity contribution is -0.187. The maximum atomic E-state index is 12.4. The van der Waals surface area contributed by atoms with Crippen LogP contribution in [0.25, 0.3) is 0 Å². The Balaban J connectivity index is 2.47. The number of ether oxygens (including phenoxy) is 1. The molecule has 0 unspecified atom stereocenters. The molecule has 17 heavy (non-hydrogen) atoms. The van der Waals surface area contributed by atoms with Gasteiger partial charge in [0, 0.05) is 13.1 Å². The first-order valence-corrected chi connectivity index (χ1v) is 5.39. The van der Waals surface area contributed by atoms with Gasteiger partial charge in [-0.3, -0.25) is 4.79 Å². The molecule has 7 heteroatoms. The molecule has 98 valence electrons. The Kier molecular flexibility index (Phi) is 4.36. The van der Waals surface area contributed by atoms with Crippen molar-refractivity contribution in [1.82, 2.24) is 4.90 Å². The van der Waals surface area contributed by atoms with E-state index < -0.39 is 24.0 Å². The highest BCUT2D eigenvalue weighted by molar-refractivity contribution is 6.32. The Hall–Kier alpha value is -1.27. The maximum absolute atomic E-state index is 12.4. The van der Waals surface area contributed by atoms with Gasteiger partial charge in [0.15, 0.2) is 0 Å². The van der Waals surface area contributed by atoms with Gasteiger partial charge in [0.2, 0.25) is 0 Å². The van der Waals surface area contributed by atoms with Crippen molar-refractivity contribution in [3.63, 3.8) is 0 Å². The van der Waals surface area contributed by atoms with E-state index in [1.54, 1.807) is 6.92 Å². The lowest BCUT2D eigenvalue weighted by Crippen LogP contribution is -2.45. The summed E-state index contributed by atoms with van der Waals surface area (Å²) in [6.07, 6.45) is -4.54. The number of hydrogen-bond acceptors (Lipinski definition) is 3. The van der Waals surface area contributed by atoms with Crippen molar-refractivity contribution < 1.29 is 27.5 Å². The van der Waals surface area contributed by atoms with E-state index in [1.165, 1.54) is 0 Å². The second-order valence-corrected chi connectivity index (χ2v) is 3.83. The quantitative estimate of drug-likeness (QED) is 0.523. The molecule has 1 amide bonds. The molecule has 0 aromatic rings. The molecule has 0 saturated carbocycles. The van der Waals surface area contributed by atoms with Crippen LogP contribution in [0.3, 0.4) is 0 Å². The van der Waals surface area contributed by atoms with E-state index in [-0.39, 0.29) is 32.5 Å². The average molecular weight is 253 g/mol. The van der Waals surface area contributed by atoms with E-state index >= 15 is 0 Å². The standard InChI is InChI=1S/C10H14F3NO3/c1-2-17-9(16)8(15)14-5-3-7(4-6-14)10(11,12)13/h7H,2-6H2,1H3. The van der Waals surface area contributed by atoms with Crippen molar-refractivity contribution in [2.45, 2.75) is 25.9 Å². The van der Waals surface area contributed by atoms with Crippen molar-refractivity contribution in [1.29, 1.82) is 0 Å². The average Bonchev–Trinajstić information content (AvgIpc) is 2.27. The number of amides is 1. The van der Waals surface area contributed by atoms with Crippen LogP contribution in [0.2, 0.25) is 0 Å².